The first-order valence-corrected chi connectivity index (χ1v) is 8.04. The van der Waals surface area contributed by atoms with Crippen molar-refractivity contribution in [2.24, 2.45) is 0 Å². The van der Waals surface area contributed by atoms with Crippen LogP contribution >= 0.6 is 0 Å². The van der Waals surface area contributed by atoms with E-state index in [4.69, 9.17) is 5.73 Å². The van der Waals surface area contributed by atoms with Gasteiger partial charge in [-0.2, -0.15) is 0 Å². The first-order chi connectivity index (χ1) is 10.7. The molecule has 2 aromatic rings. The van der Waals surface area contributed by atoms with Gasteiger partial charge in [-0.3, -0.25) is 9.80 Å². The number of nitrogens with zero attached hydrogens (tertiary/aromatic N) is 2. The zero-order valence-corrected chi connectivity index (χ0v) is 13.3. The Labute approximate surface area is 133 Å². The van der Waals surface area contributed by atoms with E-state index in [1.54, 1.807) is 0 Å². The van der Waals surface area contributed by atoms with Gasteiger partial charge in [0.2, 0.25) is 0 Å². The molecule has 2 N–H and O–H groups in total. The second-order valence-electron chi connectivity index (χ2n) is 6.29. The van der Waals surface area contributed by atoms with Crippen LogP contribution < -0.4 is 5.73 Å². The van der Waals surface area contributed by atoms with Crippen LogP contribution in [0.1, 0.15) is 16.7 Å². The molecular weight excluding hydrogens is 270 g/mol. The van der Waals surface area contributed by atoms with Gasteiger partial charge in [0.25, 0.3) is 0 Å². The van der Waals surface area contributed by atoms with Crippen LogP contribution in [0.2, 0.25) is 0 Å². The molecule has 1 aliphatic heterocycles. The van der Waals surface area contributed by atoms with Crippen LogP contribution in [0.15, 0.2) is 48.5 Å². The third-order valence-electron chi connectivity index (χ3n) is 4.31. The molecule has 0 spiro atoms. The maximum atomic E-state index is 5.86. The molecule has 3 heteroatoms. The van der Waals surface area contributed by atoms with Gasteiger partial charge in [-0.05, 0) is 30.2 Å². The van der Waals surface area contributed by atoms with Crippen molar-refractivity contribution in [1.82, 2.24) is 9.80 Å². The summed E-state index contributed by atoms with van der Waals surface area (Å²) in [6.07, 6.45) is 0. The van der Waals surface area contributed by atoms with Crippen molar-refractivity contribution in [2.45, 2.75) is 20.0 Å². The molecule has 1 fully saturated rings. The summed E-state index contributed by atoms with van der Waals surface area (Å²) in [5, 5.41) is 0. The van der Waals surface area contributed by atoms with Crippen LogP contribution in [0.5, 0.6) is 0 Å². The highest BCUT2D eigenvalue weighted by Crippen LogP contribution is 2.14. The van der Waals surface area contributed by atoms with Crippen molar-refractivity contribution in [2.75, 3.05) is 31.9 Å². The average Bonchev–Trinajstić information content (AvgIpc) is 2.49. The van der Waals surface area contributed by atoms with E-state index in [2.05, 4.69) is 53.1 Å². The van der Waals surface area contributed by atoms with E-state index in [9.17, 15) is 0 Å². The number of rotatable bonds is 4. The van der Waals surface area contributed by atoms with E-state index in [1.165, 1.54) is 16.7 Å². The molecule has 0 bridgehead atoms. The van der Waals surface area contributed by atoms with Crippen LogP contribution in [0, 0.1) is 6.92 Å². The summed E-state index contributed by atoms with van der Waals surface area (Å²) < 4.78 is 0. The SMILES string of the molecule is Cc1cccc(CN2CCN(Cc3cccc(N)c3)CC2)c1. The number of aryl methyl sites for hydroxylation is 1. The highest BCUT2D eigenvalue weighted by Gasteiger charge is 2.17. The van der Waals surface area contributed by atoms with Crippen LogP contribution in [-0.4, -0.2) is 36.0 Å². The van der Waals surface area contributed by atoms with Gasteiger partial charge in [-0.25, -0.2) is 0 Å². The topological polar surface area (TPSA) is 32.5 Å². The Hall–Kier alpha value is -1.84. The second-order valence-corrected chi connectivity index (χ2v) is 6.29. The van der Waals surface area contributed by atoms with Gasteiger partial charge in [-0.1, -0.05) is 42.0 Å². The highest BCUT2D eigenvalue weighted by atomic mass is 15.3. The Morgan fingerprint density at radius 1 is 0.818 bits per heavy atom. The van der Waals surface area contributed by atoms with Gasteiger partial charge in [0.1, 0.15) is 0 Å². The second kappa shape index (κ2) is 6.95. The predicted molar refractivity (Wildman–Crippen MR) is 92.6 cm³/mol. The lowest BCUT2D eigenvalue weighted by Gasteiger charge is -2.34. The zero-order valence-electron chi connectivity index (χ0n) is 13.3. The number of benzene rings is 2. The molecule has 0 aliphatic carbocycles. The summed E-state index contributed by atoms with van der Waals surface area (Å²) in [6.45, 7) is 8.75. The Kier molecular flexibility index (Phi) is 4.76. The highest BCUT2D eigenvalue weighted by molar-refractivity contribution is 5.40. The van der Waals surface area contributed by atoms with Crippen molar-refractivity contribution < 1.29 is 0 Å². The number of hydrogen-bond donors (Lipinski definition) is 1. The lowest BCUT2D eigenvalue weighted by molar-refractivity contribution is 0.122. The third-order valence-corrected chi connectivity index (χ3v) is 4.31. The monoisotopic (exact) mass is 295 g/mol. The fourth-order valence-electron chi connectivity index (χ4n) is 3.12. The van der Waals surface area contributed by atoms with E-state index >= 15 is 0 Å². The normalized spacial score (nSPS) is 16.8. The number of anilines is 1. The molecule has 2 aromatic carbocycles. The summed E-state index contributed by atoms with van der Waals surface area (Å²) in [7, 11) is 0. The first-order valence-electron chi connectivity index (χ1n) is 8.04. The fraction of sp³-hybridized carbons (Fsp3) is 0.368. The first kappa shape index (κ1) is 15.1. The molecule has 22 heavy (non-hydrogen) atoms. The minimum atomic E-state index is 0.857. The molecule has 1 saturated heterocycles. The van der Waals surface area contributed by atoms with E-state index in [0.717, 1.165) is 45.0 Å². The quantitative estimate of drug-likeness (QED) is 0.880. The van der Waals surface area contributed by atoms with Crippen molar-refractivity contribution >= 4 is 5.69 Å². The van der Waals surface area contributed by atoms with E-state index in [1.807, 2.05) is 12.1 Å². The number of nitrogen functional groups attached to an aromatic ring is 1. The van der Waals surface area contributed by atoms with Crippen LogP contribution in [0.25, 0.3) is 0 Å². The average molecular weight is 295 g/mol. The molecule has 0 saturated carbocycles. The van der Waals surface area contributed by atoms with Crippen LogP contribution in [-0.2, 0) is 13.1 Å². The minimum absolute atomic E-state index is 0.857. The van der Waals surface area contributed by atoms with Gasteiger partial charge in [-0.15, -0.1) is 0 Å². The maximum Gasteiger partial charge on any atom is 0.0317 e. The molecule has 0 atom stereocenters. The molecule has 116 valence electrons. The predicted octanol–water partition coefficient (Wildman–Crippen LogP) is 2.90. The van der Waals surface area contributed by atoms with E-state index in [0.29, 0.717) is 0 Å². The van der Waals surface area contributed by atoms with E-state index < -0.39 is 0 Å². The largest absolute Gasteiger partial charge is 0.399 e. The molecule has 0 radical (unpaired) electrons. The van der Waals surface area contributed by atoms with Crippen molar-refractivity contribution in [3.8, 4) is 0 Å². The lowest BCUT2D eigenvalue weighted by atomic mass is 10.1. The minimum Gasteiger partial charge on any atom is -0.399 e. The van der Waals surface area contributed by atoms with Crippen LogP contribution in [0.4, 0.5) is 5.69 Å². The van der Waals surface area contributed by atoms with Crippen molar-refractivity contribution in [1.29, 1.82) is 0 Å². The maximum absolute atomic E-state index is 5.86. The molecule has 1 aliphatic rings. The number of hydrogen-bond acceptors (Lipinski definition) is 3. The molecular formula is C19H25N3. The Morgan fingerprint density at radius 3 is 1.91 bits per heavy atom. The van der Waals surface area contributed by atoms with Gasteiger partial charge < -0.3 is 5.73 Å². The van der Waals surface area contributed by atoms with Gasteiger partial charge in [0.05, 0.1) is 0 Å². The summed E-state index contributed by atoms with van der Waals surface area (Å²) in [5.41, 5.74) is 10.8. The molecule has 0 aromatic heterocycles. The summed E-state index contributed by atoms with van der Waals surface area (Å²) in [4.78, 5) is 5.06. The molecule has 1 heterocycles. The van der Waals surface area contributed by atoms with Gasteiger partial charge in [0, 0.05) is 45.0 Å². The Morgan fingerprint density at radius 2 is 1.36 bits per heavy atom. The van der Waals surface area contributed by atoms with Gasteiger partial charge in [0.15, 0.2) is 0 Å². The Bertz CT molecular complexity index is 560. The molecule has 3 rings (SSSR count). The van der Waals surface area contributed by atoms with Crippen molar-refractivity contribution in [3.05, 3.63) is 65.2 Å². The molecule has 3 nitrogen and oxygen atoms in total. The molecule has 0 unspecified atom stereocenters. The third kappa shape index (κ3) is 4.09. The fourth-order valence-corrected chi connectivity index (χ4v) is 3.12. The smallest absolute Gasteiger partial charge is 0.0317 e. The summed E-state index contributed by atoms with van der Waals surface area (Å²) >= 11 is 0. The summed E-state index contributed by atoms with van der Waals surface area (Å²) in [6, 6.07) is 17.1. The lowest BCUT2D eigenvalue weighted by Crippen LogP contribution is -2.45. The van der Waals surface area contributed by atoms with Gasteiger partial charge >= 0.3 is 0 Å². The van der Waals surface area contributed by atoms with E-state index in [-0.39, 0.29) is 0 Å². The standard InChI is InChI=1S/C19H25N3/c1-16-4-2-5-17(12-16)14-21-8-10-22(11-9-21)15-18-6-3-7-19(20)13-18/h2-7,12-13H,8-11,14-15,20H2,1H3. The zero-order chi connectivity index (χ0) is 15.4. The number of piperazine rings is 1. The summed E-state index contributed by atoms with van der Waals surface area (Å²) in [5.74, 6) is 0. The van der Waals surface area contributed by atoms with Crippen molar-refractivity contribution in [3.63, 3.8) is 0 Å². The van der Waals surface area contributed by atoms with Crippen LogP contribution in [0.3, 0.4) is 0 Å². The number of nitrogens with two attached hydrogens (primary N) is 1. The Balaban J connectivity index is 1.50. The molecule has 0 amide bonds.